The molecule has 0 fully saturated rings. The van der Waals surface area contributed by atoms with Crippen molar-refractivity contribution in [1.82, 2.24) is 0 Å². The molecule has 100 valence electrons. The molecular formula is C14H22N2O2. The van der Waals surface area contributed by atoms with Gasteiger partial charge >= 0.3 is 0 Å². The molecule has 1 aromatic carbocycles. The maximum atomic E-state index is 11.0. The van der Waals surface area contributed by atoms with Gasteiger partial charge in [0.1, 0.15) is 0 Å². The minimum atomic E-state index is -0.0793. The number of carbonyl (C=O) groups is 1. The highest BCUT2D eigenvalue weighted by Gasteiger charge is 2.12. The number of aliphatic hydroxyl groups is 1. The summed E-state index contributed by atoms with van der Waals surface area (Å²) in [5.41, 5.74) is 1.80. The summed E-state index contributed by atoms with van der Waals surface area (Å²) in [6.07, 6.45) is 1.00. The number of hydrogen-bond acceptors (Lipinski definition) is 3. The number of anilines is 2. The quantitative estimate of drug-likeness (QED) is 0.814. The van der Waals surface area contributed by atoms with Crippen molar-refractivity contribution in [3.8, 4) is 0 Å². The van der Waals surface area contributed by atoms with Crippen molar-refractivity contribution >= 4 is 17.3 Å². The Hall–Kier alpha value is -1.55. The van der Waals surface area contributed by atoms with E-state index in [0.717, 1.165) is 17.8 Å². The van der Waals surface area contributed by atoms with Gasteiger partial charge in [0.05, 0.1) is 6.61 Å². The lowest BCUT2D eigenvalue weighted by atomic mass is 10.1. The number of nitrogens with one attached hydrogen (secondary N) is 1. The van der Waals surface area contributed by atoms with Gasteiger partial charge in [0.25, 0.3) is 0 Å². The van der Waals surface area contributed by atoms with Gasteiger partial charge in [0, 0.05) is 30.9 Å². The number of nitrogens with zero attached hydrogens (tertiary/aromatic N) is 1. The van der Waals surface area contributed by atoms with Crippen LogP contribution in [0.1, 0.15) is 27.2 Å². The summed E-state index contributed by atoms with van der Waals surface area (Å²) in [5.74, 6) is -0.0793. The summed E-state index contributed by atoms with van der Waals surface area (Å²) in [4.78, 5) is 13.2. The molecule has 0 radical (unpaired) electrons. The maximum Gasteiger partial charge on any atom is 0.221 e. The van der Waals surface area contributed by atoms with E-state index in [1.807, 2.05) is 24.3 Å². The van der Waals surface area contributed by atoms with Gasteiger partial charge in [-0.2, -0.15) is 0 Å². The van der Waals surface area contributed by atoms with Crippen molar-refractivity contribution in [3.05, 3.63) is 24.3 Å². The summed E-state index contributed by atoms with van der Waals surface area (Å²) in [5, 5.41) is 11.9. The third kappa shape index (κ3) is 4.04. The Labute approximate surface area is 109 Å². The molecule has 2 N–H and O–H groups in total. The van der Waals surface area contributed by atoms with Crippen LogP contribution in [-0.4, -0.2) is 30.2 Å². The van der Waals surface area contributed by atoms with Gasteiger partial charge in [0.15, 0.2) is 0 Å². The van der Waals surface area contributed by atoms with E-state index in [-0.39, 0.29) is 12.5 Å². The number of carbonyl (C=O) groups excluding carboxylic acids is 1. The molecule has 0 aliphatic heterocycles. The largest absolute Gasteiger partial charge is 0.395 e. The number of rotatable bonds is 6. The summed E-state index contributed by atoms with van der Waals surface area (Å²) < 4.78 is 0. The standard InChI is InChI=1S/C14H22N2O2/c1-4-11(2)16(8-9-17)14-7-5-6-13(10-14)15-12(3)18/h5-7,10-11,17H,4,8-9H2,1-3H3,(H,15,18). The zero-order valence-electron chi connectivity index (χ0n) is 11.3. The highest BCUT2D eigenvalue weighted by Crippen LogP contribution is 2.22. The fraction of sp³-hybridized carbons (Fsp3) is 0.500. The van der Waals surface area contributed by atoms with Crippen molar-refractivity contribution in [2.24, 2.45) is 0 Å². The van der Waals surface area contributed by atoms with Crippen molar-refractivity contribution in [2.75, 3.05) is 23.4 Å². The fourth-order valence-electron chi connectivity index (χ4n) is 1.90. The smallest absolute Gasteiger partial charge is 0.221 e. The molecule has 0 bridgehead atoms. The summed E-state index contributed by atoms with van der Waals surface area (Å²) >= 11 is 0. The van der Waals surface area contributed by atoms with Gasteiger partial charge in [-0.05, 0) is 31.5 Å². The van der Waals surface area contributed by atoms with E-state index in [1.165, 1.54) is 6.92 Å². The normalized spacial score (nSPS) is 12.0. The molecule has 4 heteroatoms. The van der Waals surface area contributed by atoms with Crippen LogP contribution in [0, 0.1) is 0 Å². The third-order valence-electron chi connectivity index (χ3n) is 2.96. The minimum Gasteiger partial charge on any atom is -0.395 e. The first-order valence-electron chi connectivity index (χ1n) is 6.33. The summed E-state index contributed by atoms with van der Waals surface area (Å²) in [7, 11) is 0. The van der Waals surface area contributed by atoms with Crippen LogP contribution >= 0.6 is 0 Å². The molecule has 0 saturated heterocycles. The number of hydrogen-bond donors (Lipinski definition) is 2. The molecule has 4 nitrogen and oxygen atoms in total. The minimum absolute atomic E-state index is 0.0793. The molecule has 1 rings (SSSR count). The molecule has 0 spiro atoms. The SMILES string of the molecule is CCC(C)N(CCO)c1cccc(NC(C)=O)c1. The Morgan fingerprint density at radius 1 is 1.50 bits per heavy atom. The number of benzene rings is 1. The van der Waals surface area contributed by atoms with E-state index >= 15 is 0 Å². The molecule has 1 atom stereocenters. The molecule has 1 unspecified atom stereocenters. The Morgan fingerprint density at radius 2 is 2.22 bits per heavy atom. The highest BCUT2D eigenvalue weighted by molar-refractivity contribution is 5.89. The molecule has 1 amide bonds. The topological polar surface area (TPSA) is 52.6 Å². The Morgan fingerprint density at radius 3 is 2.78 bits per heavy atom. The molecule has 0 aliphatic carbocycles. The average molecular weight is 250 g/mol. The van der Waals surface area contributed by atoms with Crippen LogP contribution in [0.4, 0.5) is 11.4 Å². The van der Waals surface area contributed by atoms with Crippen molar-refractivity contribution < 1.29 is 9.90 Å². The predicted molar refractivity (Wildman–Crippen MR) is 74.9 cm³/mol. The van der Waals surface area contributed by atoms with Crippen LogP contribution < -0.4 is 10.2 Å². The second-order valence-corrected chi connectivity index (χ2v) is 4.41. The summed E-state index contributed by atoms with van der Waals surface area (Å²) in [6.45, 7) is 6.45. The Balaban J connectivity index is 2.93. The number of aliphatic hydroxyl groups excluding tert-OH is 1. The van der Waals surface area contributed by atoms with Gasteiger partial charge < -0.3 is 15.3 Å². The monoisotopic (exact) mass is 250 g/mol. The molecule has 1 aromatic rings. The lowest BCUT2D eigenvalue weighted by molar-refractivity contribution is -0.114. The molecule has 18 heavy (non-hydrogen) atoms. The van der Waals surface area contributed by atoms with Crippen LogP contribution in [-0.2, 0) is 4.79 Å². The lowest BCUT2D eigenvalue weighted by Gasteiger charge is -2.30. The zero-order valence-corrected chi connectivity index (χ0v) is 11.3. The zero-order chi connectivity index (χ0) is 13.5. The van der Waals surface area contributed by atoms with E-state index < -0.39 is 0 Å². The van der Waals surface area contributed by atoms with E-state index in [2.05, 4.69) is 24.1 Å². The van der Waals surface area contributed by atoms with Crippen LogP contribution in [0.3, 0.4) is 0 Å². The van der Waals surface area contributed by atoms with Crippen molar-refractivity contribution in [3.63, 3.8) is 0 Å². The van der Waals surface area contributed by atoms with Crippen LogP contribution in [0.25, 0.3) is 0 Å². The van der Waals surface area contributed by atoms with Gasteiger partial charge in [-0.15, -0.1) is 0 Å². The maximum absolute atomic E-state index is 11.0. The second kappa shape index (κ2) is 7.01. The van der Waals surface area contributed by atoms with E-state index in [4.69, 9.17) is 5.11 Å². The molecule has 0 saturated carbocycles. The number of amides is 1. The predicted octanol–water partition coefficient (Wildman–Crippen LogP) is 2.24. The first-order chi connectivity index (χ1) is 8.58. The average Bonchev–Trinajstić information content (AvgIpc) is 2.34. The van der Waals surface area contributed by atoms with Gasteiger partial charge in [-0.1, -0.05) is 13.0 Å². The molecular weight excluding hydrogens is 228 g/mol. The van der Waals surface area contributed by atoms with Crippen LogP contribution in [0.2, 0.25) is 0 Å². The Bertz CT molecular complexity index is 393. The van der Waals surface area contributed by atoms with Crippen LogP contribution in [0.5, 0.6) is 0 Å². The highest BCUT2D eigenvalue weighted by atomic mass is 16.3. The molecule has 0 aromatic heterocycles. The first kappa shape index (κ1) is 14.5. The van der Waals surface area contributed by atoms with Crippen molar-refractivity contribution in [2.45, 2.75) is 33.2 Å². The molecule has 0 heterocycles. The van der Waals surface area contributed by atoms with Gasteiger partial charge in [-0.25, -0.2) is 0 Å². The van der Waals surface area contributed by atoms with E-state index in [9.17, 15) is 4.79 Å². The third-order valence-corrected chi connectivity index (χ3v) is 2.96. The van der Waals surface area contributed by atoms with E-state index in [0.29, 0.717) is 12.6 Å². The van der Waals surface area contributed by atoms with Crippen LogP contribution in [0.15, 0.2) is 24.3 Å². The molecule has 0 aliphatic rings. The van der Waals surface area contributed by atoms with Crippen molar-refractivity contribution in [1.29, 1.82) is 0 Å². The van der Waals surface area contributed by atoms with E-state index in [1.54, 1.807) is 0 Å². The lowest BCUT2D eigenvalue weighted by Crippen LogP contribution is -2.35. The first-order valence-corrected chi connectivity index (χ1v) is 6.33. The Kier molecular flexibility index (Phi) is 5.65. The van der Waals surface area contributed by atoms with Gasteiger partial charge in [0.2, 0.25) is 5.91 Å². The fourth-order valence-corrected chi connectivity index (χ4v) is 1.90. The van der Waals surface area contributed by atoms with Gasteiger partial charge in [-0.3, -0.25) is 4.79 Å². The summed E-state index contributed by atoms with van der Waals surface area (Å²) in [6, 6.07) is 8.05. The second-order valence-electron chi connectivity index (χ2n) is 4.41.